The minimum atomic E-state index is 0.311. The van der Waals surface area contributed by atoms with E-state index in [0.29, 0.717) is 11.0 Å². The summed E-state index contributed by atoms with van der Waals surface area (Å²) in [4.78, 5) is 1.15. The van der Waals surface area contributed by atoms with Crippen LogP contribution in [0, 0.1) is 0 Å². The Morgan fingerprint density at radius 2 is 2.00 bits per heavy atom. The fourth-order valence-electron chi connectivity index (χ4n) is 0.787. The van der Waals surface area contributed by atoms with Gasteiger partial charge in [0.1, 0.15) is 5.75 Å². The molecule has 1 aromatic rings. The zero-order valence-electron chi connectivity index (χ0n) is 7.03. The van der Waals surface area contributed by atoms with Gasteiger partial charge in [0.25, 0.3) is 0 Å². The van der Waals surface area contributed by atoms with E-state index in [0.717, 1.165) is 4.90 Å². The molecule has 0 heterocycles. The number of aromatic hydroxyl groups is 1. The Balaban J connectivity index is 2.64. The lowest BCUT2D eigenvalue weighted by Crippen LogP contribution is -1.87. The minimum absolute atomic E-state index is 0.311. The Hall–Kier alpha value is -0.890. The van der Waals surface area contributed by atoms with Crippen molar-refractivity contribution in [3.8, 4) is 5.75 Å². The molecule has 0 saturated heterocycles. The highest BCUT2D eigenvalue weighted by Crippen LogP contribution is 2.24. The van der Waals surface area contributed by atoms with Crippen molar-refractivity contribution in [2.24, 2.45) is 0 Å². The maximum atomic E-state index is 9.02. The molecule has 1 N–H and O–H groups in total. The quantitative estimate of drug-likeness (QED) is 0.570. The molecule has 0 aromatic heterocycles. The molecule has 1 nitrogen and oxygen atoms in total. The van der Waals surface area contributed by atoms with Gasteiger partial charge in [0.15, 0.2) is 0 Å². The van der Waals surface area contributed by atoms with Crippen molar-refractivity contribution in [2.75, 3.05) is 0 Å². The monoisotopic (exact) mass is 180 g/mol. The molecule has 0 amide bonds. The maximum Gasteiger partial charge on any atom is 0.115 e. The van der Waals surface area contributed by atoms with E-state index in [1.54, 1.807) is 23.9 Å². The molecule has 1 rings (SSSR count). The third-order valence-electron chi connectivity index (χ3n) is 1.49. The van der Waals surface area contributed by atoms with Crippen LogP contribution in [0.1, 0.15) is 6.92 Å². The third kappa shape index (κ3) is 2.62. The Morgan fingerprint density at radius 1 is 1.42 bits per heavy atom. The molecule has 1 unspecified atom stereocenters. The summed E-state index contributed by atoms with van der Waals surface area (Å²) in [7, 11) is 0. The Morgan fingerprint density at radius 3 is 2.50 bits per heavy atom. The van der Waals surface area contributed by atoms with Gasteiger partial charge in [-0.2, -0.15) is 0 Å². The minimum Gasteiger partial charge on any atom is -0.508 e. The smallest absolute Gasteiger partial charge is 0.115 e. The Bertz CT molecular complexity index is 253. The lowest BCUT2D eigenvalue weighted by Gasteiger charge is -2.04. The van der Waals surface area contributed by atoms with Crippen LogP contribution in [-0.4, -0.2) is 10.4 Å². The van der Waals surface area contributed by atoms with Gasteiger partial charge in [-0.05, 0) is 31.2 Å². The van der Waals surface area contributed by atoms with Crippen LogP contribution in [0.3, 0.4) is 0 Å². The SMILES string of the molecule is C=CC(C)Sc1ccc(O)cc1. The van der Waals surface area contributed by atoms with Crippen molar-refractivity contribution in [2.45, 2.75) is 17.1 Å². The second kappa shape index (κ2) is 4.21. The highest BCUT2D eigenvalue weighted by atomic mass is 32.2. The fraction of sp³-hybridized carbons (Fsp3) is 0.200. The van der Waals surface area contributed by atoms with Crippen LogP contribution in [0.4, 0.5) is 0 Å². The van der Waals surface area contributed by atoms with Crippen LogP contribution < -0.4 is 0 Å². The second-order valence-electron chi connectivity index (χ2n) is 2.55. The molecule has 0 aliphatic rings. The predicted octanol–water partition coefficient (Wildman–Crippen LogP) is 3.06. The fourth-order valence-corrected chi connectivity index (χ4v) is 1.61. The summed E-state index contributed by atoms with van der Waals surface area (Å²) in [6.07, 6.45) is 1.90. The normalized spacial score (nSPS) is 12.4. The average Bonchev–Trinajstić information content (AvgIpc) is 2.09. The van der Waals surface area contributed by atoms with Crippen LogP contribution in [0.5, 0.6) is 5.75 Å². The van der Waals surface area contributed by atoms with Crippen molar-refractivity contribution in [3.63, 3.8) is 0 Å². The largest absolute Gasteiger partial charge is 0.508 e. The van der Waals surface area contributed by atoms with Crippen LogP contribution in [0.25, 0.3) is 0 Å². The van der Waals surface area contributed by atoms with E-state index in [-0.39, 0.29) is 0 Å². The summed E-state index contributed by atoms with van der Waals surface area (Å²) in [6, 6.07) is 7.19. The van der Waals surface area contributed by atoms with Gasteiger partial charge in [-0.3, -0.25) is 0 Å². The molecule has 0 spiro atoms. The van der Waals surface area contributed by atoms with Crippen molar-refractivity contribution in [1.82, 2.24) is 0 Å². The summed E-state index contributed by atoms with van der Waals surface area (Å²) in [5.41, 5.74) is 0. The molecule has 12 heavy (non-hydrogen) atoms. The number of hydrogen-bond donors (Lipinski definition) is 1. The van der Waals surface area contributed by atoms with Gasteiger partial charge in [0.2, 0.25) is 0 Å². The molecule has 0 bridgehead atoms. The molecular formula is C10H12OS. The van der Waals surface area contributed by atoms with Gasteiger partial charge in [-0.1, -0.05) is 6.08 Å². The number of phenolic OH excluding ortho intramolecular Hbond substituents is 1. The lowest BCUT2D eigenvalue weighted by molar-refractivity contribution is 0.475. The topological polar surface area (TPSA) is 20.2 Å². The summed E-state index contributed by atoms with van der Waals surface area (Å²) in [5, 5.41) is 9.43. The summed E-state index contributed by atoms with van der Waals surface area (Å²) in [5.74, 6) is 0.311. The highest BCUT2D eigenvalue weighted by Gasteiger charge is 1.98. The van der Waals surface area contributed by atoms with Crippen molar-refractivity contribution in [3.05, 3.63) is 36.9 Å². The summed E-state index contributed by atoms with van der Waals surface area (Å²) >= 11 is 1.72. The van der Waals surface area contributed by atoms with Crippen molar-refractivity contribution in [1.29, 1.82) is 0 Å². The molecule has 0 aliphatic heterocycles. The number of thioether (sulfide) groups is 1. The molecular weight excluding hydrogens is 168 g/mol. The Kier molecular flexibility index (Phi) is 3.23. The van der Waals surface area contributed by atoms with Gasteiger partial charge in [0, 0.05) is 10.1 Å². The standard InChI is InChI=1S/C10H12OS/c1-3-8(2)12-10-6-4-9(11)5-7-10/h3-8,11H,1H2,2H3. The lowest BCUT2D eigenvalue weighted by atomic mass is 10.3. The van der Waals surface area contributed by atoms with E-state index in [4.69, 9.17) is 5.11 Å². The van der Waals surface area contributed by atoms with E-state index in [2.05, 4.69) is 13.5 Å². The molecule has 0 fully saturated rings. The van der Waals surface area contributed by atoms with Gasteiger partial charge in [-0.15, -0.1) is 18.3 Å². The molecule has 2 heteroatoms. The van der Waals surface area contributed by atoms with Gasteiger partial charge >= 0.3 is 0 Å². The number of phenols is 1. The van der Waals surface area contributed by atoms with Gasteiger partial charge in [-0.25, -0.2) is 0 Å². The summed E-state index contributed by atoms with van der Waals surface area (Å²) < 4.78 is 0. The zero-order chi connectivity index (χ0) is 8.97. The van der Waals surface area contributed by atoms with E-state index in [1.807, 2.05) is 18.2 Å². The number of rotatable bonds is 3. The second-order valence-corrected chi connectivity index (χ2v) is 4.00. The predicted molar refractivity (Wildman–Crippen MR) is 53.6 cm³/mol. The van der Waals surface area contributed by atoms with Crippen LogP contribution in [-0.2, 0) is 0 Å². The van der Waals surface area contributed by atoms with E-state index >= 15 is 0 Å². The van der Waals surface area contributed by atoms with Crippen LogP contribution in [0.15, 0.2) is 41.8 Å². The van der Waals surface area contributed by atoms with Gasteiger partial charge < -0.3 is 5.11 Å². The highest BCUT2D eigenvalue weighted by molar-refractivity contribution is 8.00. The average molecular weight is 180 g/mol. The van der Waals surface area contributed by atoms with E-state index in [1.165, 1.54) is 0 Å². The molecule has 0 aliphatic carbocycles. The summed E-state index contributed by atoms with van der Waals surface area (Å²) in [6.45, 7) is 5.79. The van der Waals surface area contributed by atoms with Crippen molar-refractivity contribution < 1.29 is 5.11 Å². The van der Waals surface area contributed by atoms with E-state index in [9.17, 15) is 0 Å². The van der Waals surface area contributed by atoms with E-state index < -0.39 is 0 Å². The van der Waals surface area contributed by atoms with Crippen molar-refractivity contribution >= 4 is 11.8 Å². The third-order valence-corrected chi connectivity index (χ3v) is 2.60. The zero-order valence-corrected chi connectivity index (χ0v) is 7.84. The van der Waals surface area contributed by atoms with Crippen LogP contribution >= 0.6 is 11.8 Å². The molecule has 1 aromatic carbocycles. The first-order valence-corrected chi connectivity index (χ1v) is 4.68. The Labute approximate surface area is 77.1 Å². The molecule has 1 atom stereocenters. The van der Waals surface area contributed by atoms with Crippen LogP contribution in [0.2, 0.25) is 0 Å². The first kappa shape index (κ1) is 9.20. The number of hydrogen-bond acceptors (Lipinski definition) is 2. The molecule has 64 valence electrons. The maximum absolute atomic E-state index is 9.02. The van der Waals surface area contributed by atoms with Gasteiger partial charge in [0.05, 0.1) is 0 Å². The first-order chi connectivity index (χ1) is 5.72. The number of benzene rings is 1. The first-order valence-electron chi connectivity index (χ1n) is 3.80. The molecule has 0 saturated carbocycles. The molecule has 0 radical (unpaired) electrons.